The lowest BCUT2D eigenvalue weighted by Gasteiger charge is -2.35. The number of halogens is 1. The predicted octanol–water partition coefficient (Wildman–Crippen LogP) is 1.85. The number of aromatic amines is 1. The third-order valence-electron chi connectivity index (χ3n) is 3.68. The van der Waals surface area contributed by atoms with Crippen LogP contribution in [0.3, 0.4) is 0 Å². The third kappa shape index (κ3) is 3.71. The molecule has 0 unspecified atom stereocenters. The fourth-order valence-electron chi connectivity index (χ4n) is 2.50. The topological polar surface area (TPSA) is 52.2 Å². The largest absolute Gasteiger partial charge is 0.353 e. The molecule has 2 heterocycles. The molecule has 1 saturated heterocycles. The molecule has 0 amide bonds. The van der Waals surface area contributed by atoms with Crippen LogP contribution in [0.1, 0.15) is 5.56 Å². The van der Waals surface area contributed by atoms with Gasteiger partial charge in [0.1, 0.15) is 5.82 Å². The summed E-state index contributed by atoms with van der Waals surface area (Å²) in [5, 5.41) is 6.57. The molecule has 2 aromatic rings. The molecule has 0 atom stereocenters. The predicted molar refractivity (Wildman–Crippen MR) is 86.5 cm³/mol. The first-order valence-electron chi connectivity index (χ1n) is 6.98. The van der Waals surface area contributed by atoms with Crippen molar-refractivity contribution < 1.29 is 0 Å². The van der Waals surface area contributed by atoms with E-state index in [0.29, 0.717) is 0 Å². The van der Waals surface area contributed by atoms with E-state index in [4.69, 9.17) is 0 Å². The Kier molecular flexibility index (Phi) is 4.36. The molecule has 110 valence electrons. The highest BCUT2D eigenvalue weighted by Crippen LogP contribution is 2.15. The standard InChI is InChI=1S/C15H17BrN4O/c16-13-3-1-12(2-4-13)11-19-7-9-20(10-8-19)14-5-6-15(21)18-17-14/h1-6H,7-11H2,(H,18,21). The number of anilines is 1. The fraction of sp³-hybridized carbons (Fsp3) is 0.333. The van der Waals surface area contributed by atoms with Crippen LogP contribution in [0.4, 0.5) is 5.82 Å². The molecule has 3 rings (SSSR count). The van der Waals surface area contributed by atoms with Gasteiger partial charge in [0.05, 0.1) is 0 Å². The SMILES string of the molecule is O=c1ccc(N2CCN(Cc3ccc(Br)cc3)CC2)n[nH]1. The normalized spacial score (nSPS) is 16.1. The summed E-state index contributed by atoms with van der Waals surface area (Å²) in [6.45, 7) is 4.82. The van der Waals surface area contributed by atoms with Gasteiger partial charge in [-0.05, 0) is 23.8 Å². The number of H-pyrrole nitrogens is 1. The second kappa shape index (κ2) is 6.41. The summed E-state index contributed by atoms with van der Waals surface area (Å²) in [6, 6.07) is 11.8. The summed E-state index contributed by atoms with van der Waals surface area (Å²) in [5.41, 5.74) is 1.17. The Morgan fingerprint density at radius 1 is 1.05 bits per heavy atom. The molecule has 1 aliphatic heterocycles. The molecule has 5 nitrogen and oxygen atoms in total. The van der Waals surface area contributed by atoms with Crippen molar-refractivity contribution in [1.29, 1.82) is 0 Å². The Bertz CT molecular complexity index is 627. The summed E-state index contributed by atoms with van der Waals surface area (Å²) < 4.78 is 1.11. The number of hydrogen-bond acceptors (Lipinski definition) is 4. The molecule has 1 N–H and O–H groups in total. The van der Waals surface area contributed by atoms with Crippen LogP contribution in [-0.2, 0) is 6.54 Å². The monoisotopic (exact) mass is 348 g/mol. The number of piperazine rings is 1. The highest BCUT2D eigenvalue weighted by atomic mass is 79.9. The second-order valence-electron chi connectivity index (χ2n) is 5.17. The molecular weight excluding hydrogens is 332 g/mol. The molecule has 0 aliphatic carbocycles. The van der Waals surface area contributed by atoms with E-state index in [1.54, 1.807) is 6.07 Å². The molecule has 1 aromatic heterocycles. The second-order valence-corrected chi connectivity index (χ2v) is 6.08. The fourth-order valence-corrected chi connectivity index (χ4v) is 2.76. The molecular formula is C15H17BrN4O. The van der Waals surface area contributed by atoms with Crippen LogP contribution in [0.15, 0.2) is 45.7 Å². The van der Waals surface area contributed by atoms with Gasteiger partial charge in [-0.1, -0.05) is 28.1 Å². The van der Waals surface area contributed by atoms with Crippen molar-refractivity contribution in [1.82, 2.24) is 15.1 Å². The molecule has 1 aromatic carbocycles. The van der Waals surface area contributed by atoms with E-state index in [2.05, 4.69) is 60.2 Å². The van der Waals surface area contributed by atoms with Gasteiger partial charge in [0.25, 0.3) is 5.56 Å². The van der Waals surface area contributed by atoms with Crippen molar-refractivity contribution in [3.05, 3.63) is 56.8 Å². The van der Waals surface area contributed by atoms with Crippen molar-refractivity contribution in [2.75, 3.05) is 31.1 Å². The molecule has 0 bridgehead atoms. The van der Waals surface area contributed by atoms with Crippen molar-refractivity contribution in [3.8, 4) is 0 Å². The Hall–Kier alpha value is -1.66. The molecule has 1 fully saturated rings. The van der Waals surface area contributed by atoms with E-state index in [-0.39, 0.29) is 5.56 Å². The lowest BCUT2D eigenvalue weighted by Crippen LogP contribution is -2.46. The Labute approximate surface area is 131 Å². The molecule has 0 radical (unpaired) electrons. The Balaban J connectivity index is 1.56. The first-order chi connectivity index (χ1) is 10.2. The van der Waals surface area contributed by atoms with Gasteiger partial charge >= 0.3 is 0 Å². The maximum atomic E-state index is 11.0. The molecule has 1 aliphatic rings. The van der Waals surface area contributed by atoms with E-state index >= 15 is 0 Å². The van der Waals surface area contributed by atoms with Gasteiger partial charge < -0.3 is 4.90 Å². The first-order valence-corrected chi connectivity index (χ1v) is 7.77. The van der Waals surface area contributed by atoms with Crippen LogP contribution in [-0.4, -0.2) is 41.3 Å². The van der Waals surface area contributed by atoms with Gasteiger partial charge in [-0.3, -0.25) is 9.69 Å². The molecule has 0 spiro atoms. The van der Waals surface area contributed by atoms with Gasteiger partial charge in [0.2, 0.25) is 0 Å². The van der Waals surface area contributed by atoms with Gasteiger partial charge in [-0.15, -0.1) is 0 Å². The quantitative estimate of drug-likeness (QED) is 0.919. The Morgan fingerprint density at radius 2 is 1.76 bits per heavy atom. The lowest BCUT2D eigenvalue weighted by molar-refractivity contribution is 0.249. The number of nitrogens with zero attached hydrogens (tertiary/aromatic N) is 3. The zero-order valence-corrected chi connectivity index (χ0v) is 13.2. The van der Waals surface area contributed by atoms with Crippen LogP contribution in [0.5, 0.6) is 0 Å². The van der Waals surface area contributed by atoms with Gasteiger partial charge in [-0.2, -0.15) is 5.10 Å². The number of rotatable bonds is 3. The van der Waals surface area contributed by atoms with Gasteiger partial charge in [0.15, 0.2) is 0 Å². The minimum Gasteiger partial charge on any atom is -0.353 e. The number of aromatic nitrogens is 2. The van der Waals surface area contributed by atoms with E-state index < -0.39 is 0 Å². The van der Waals surface area contributed by atoms with Crippen LogP contribution < -0.4 is 10.5 Å². The third-order valence-corrected chi connectivity index (χ3v) is 4.21. The van der Waals surface area contributed by atoms with E-state index in [1.807, 2.05) is 0 Å². The van der Waals surface area contributed by atoms with Crippen LogP contribution in [0.2, 0.25) is 0 Å². The van der Waals surface area contributed by atoms with Crippen LogP contribution in [0, 0.1) is 0 Å². The van der Waals surface area contributed by atoms with Crippen molar-refractivity contribution in [2.24, 2.45) is 0 Å². The zero-order chi connectivity index (χ0) is 14.7. The van der Waals surface area contributed by atoms with Crippen molar-refractivity contribution in [2.45, 2.75) is 6.54 Å². The number of benzene rings is 1. The number of hydrogen-bond donors (Lipinski definition) is 1. The average Bonchev–Trinajstić information content (AvgIpc) is 2.51. The van der Waals surface area contributed by atoms with Crippen LogP contribution >= 0.6 is 15.9 Å². The molecule has 6 heteroatoms. The summed E-state index contributed by atoms with van der Waals surface area (Å²) in [7, 11) is 0. The smallest absolute Gasteiger partial charge is 0.264 e. The summed E-state index contributed by atoms with van der Waals surface area (Å²) in [5.74, 6) is 0.845. The average molecular weight is 349 g/mol. The summed E-state index contributed by atoms with van der Waals surface area (Å²) in [6.07, 6.45) is 0. The number of nitrogens with one attached hydrogen (secondary N) is 1. The van der Waals surface area contributed by atoms with E-state index in [1.165, 1.54) is 11.6 Å². The van der Waals surface area contributed by atoms with Crippen molar-refractivity contribution in [3.63, 3.8) is 0 Å². The summed E-state index contributed by atoms with van der Waals surface area (Å²) in [4.78, 5) is 15.7. The van der Waals surface area contributed by atoms with Crippen LogP contribution in [0.25, 0.3) is 0 Å². The van der Waals surface area contributed by atoms with Crippen molar-refractivity contribution >= 4 is 21.7 Å². The molecule has 21 heavy (non-hydrogen) atoms. The minimum atomic E-state index is -0.160. The molecule has 0 saturated carbocycles. The highest BCUT2D eigenvalue weighted by Gasteiger charge is 2.18. The van der Waals surface area contributed by atoms with E-state index in [0.717, 1.165) is 43.0 Å². The van der Waals surface area contributed by atoms with E-state index in [9.17, 15) is 4.79 Å². The first kappa shape index (κ1) is 14.3. The summed E-state index contributed by atoms with van der Waals surface area (Å²) >= 11 is 3.46. The lowest BCUT2D eigenvalue weighted by atomic mass is 10.2. The highest BCUT2D eigenvalue weighted by molar-refractivity contribution is 9.10. The maximum Gasteiger partial charge on any atom is 0.264 e. The van der Waals surface area contributed by atoms with Gasteiger partial charge in [0, 0.05) is 43.3 Å². The Morgan fingerprint density at radius 3 is 2.38 bits per heavy atom. The maximum absolute atomic E-state index is 11.0. The van der Waals surface area contributed by atoms with Gasteiger partial charge in [-0.25, -0.2) is 5.10 Å². The minimum absolute atomic E-state index is 0.160. The zero-order valence-electron chi connectivity index (χ0n) is 11.6.